The maximum Gasteiger partial charge on any atom is 0.138 e. The predicted molar refractivity (Wildman–Crippen MR) is 52.5 cm³/mol. The van der Waals surface area contributed by atoms with Crippen molar-refractivity contribution >= 4 is 31.9 Å². The van der Waals surface area contributed by atoms with Crippen LogP contribution in [0.1, 0.15) is 19.8 Å². The molecule has 1 aromatic rings. The molecule has 4 heteroatoms. The van der Waals surface area contributed by atoms with Crippen molar-refractivity contribution in [2.45, 2.75) is 26.3 Å². The van der Waals surface area contributed by atoms with Gasteiger partial charge in [-0.05, 0) is 38.3 Å². The molecule has 62 valence electrons. The second kappa shape index (κ2) is 4.26. The lowest BCUT2D eigenvalue weighted by molar-refractivity contribution is 0.622. The van der Waals surface area contributed by atoms with Gasteiger partial charge in [0.05, 0.1) is 6.33 Å². The smallest absolute Gasteiger partial charge is 0.138 e. The second-order valence-electron chi connectivity index (χ2n) is 2.37. The number of unbranched alkanes of at least 4 members (excludes halogenated alkanes) is 1. The van der Waals surface area contributed by atoms with Crippen LogP contribution in [0.3, 0.4) is 0 Å². The molecule has 1 rings (SSSR count). The van der Waals surface area contributed by atoms with E-state index in [1.54, 1.807) is 0 Å². The Morgan fingerprint density at radius 2 is 2.27 bits per heavy atom. The predicted octanol–water partition coefficient (Wildman–Crippen LogP) is 3.21. The van der Waals surface area contributed by atoms with Gasteiger partial charge in [0, 0.05) is 6.54 Å². The number of nitrogens with zero attached hydrogens (tertiary/aromatic N) is 2. The molecule has 0 spiro atoms. The van der Waals surface area contributed by atoms with E-state index >= 15 is 0 Å². The molecule has 0 aromatic carbocycles. The van der Waals surface area contributed by atoms with E-state index < -0.39 is 0 Å². The summed E-state index contributed by atoms with van der Waals surface area (Å²) >= 11 is 6.76. The lowest BCUT2D eigenvalue weighted by Crippen LogP contribution is -1.95. The molecule has 0 N–H and O–H groups in total. The largest absolute Gasteiger partial charge is 0.324 e. The lowest BCUT2D eigenvalue weighted by atomic mass is 10.3. The van der Waals surface area contributed by atoms with Crippen molar-refractivity contribution in [3.05, 3.63) is 15.5 Å². The SMILES string of the molecule is CCCCn1cnc(Br)c1Br. The molecule has 1 heterocycles. The van der Waals surface area contributed by atoms with Crippen LogP contribution in [0.2, 0.25) is 0 Å². The number of hydrogen-bond donors (Lipinski definition) is 0. The van der Waals surface area contributed by atoms with Crippen molar-refractivity contribution in [1.82, 2.24) is 9.55 Å². The third-order valence-corrected chi connectivity index (χ3v) is 3.43. The summed E-state index contributed by atoms with van der Waals surface area (Å²) in [5, 5.41) is 0. The maximum atomic E-state index is 4.10. The molecule has 0 aliphatic carbocycles. The number of aromatic nitrogens is 2. The van der Waals surface area contributed by atoms with E-state index in [-0.39, 0.29) is 0 Å². The normalized spacial score (nSPS) is 10.5. The summed E-state index contributed by atoms with van der Waals surface area (Å²) in [6.45, 7) is 3.22. The van der Waals surface area contributed by atoms with Gasteiger partial charge in [-0.3, -0.25) is 0 Å². The molecule has 0 atom stereocenters. The Hall–Kier alpha value is 0.170. The summed E-state index contributed by atoms with van der Waals surface area (Å²) in [6.07, 6.45) is 4.24. The molecule has 11 heavy (non-hydrogen) atoms. The van der Waals surface area contributed by atoms with Gasteiger partial charge in [-0.25, -0.2) is 4.98 Å². The van der Waals surface area contributed by atoms with Crippen molar-refractivity contribution in [3.8, 4) is 0 Å². The molecule has 1 aromatic heterocycles. The van der Waals surface area contributed by atoms with Crippen LogP contribution >= 0.6 is 31.9 Å². The standard InChI is InChI=1S/C7H10Br2N2/c1-2-3-4-11-5-10-6(8)7(11)9/h5H,2-4H2,1H3. The minimum absolute atomic E-state index is 0.883. The Morgan fingerprint density at radius 3 is 2.73 bits per heavy atom. The van der Waals surface area contributed by atoms with Crippen molar-refractivity contribution in [3.63, 3.8) is 0 Å². The van der Waals surface area contributed by atoms with Gasteiger partial charge in [0.15, 0.2) is 0 Å². The van der Waals surface area contributed by atoms with Gasteiger partial charge in [-0.2, -0.15) is 0 Å². The molecule has 0 fully saturated rings. The molecule has 2 nitrogen and oxygen atoms in total. The van der Waals surface area contributed by atoms with Crippen molar-refractivity contribution in [2.75, 3.05) is 0 Å². The first kappa shape index (κ1) is 9.26. The van der Waals surface area contributed by atoms with E-state index in [1.807, 2.05) is 6.33 Å². The fourth-order valence-electron chi connectivity index (χ4n) is 0.827. The zero-order valence-corrected chi connectivity index (χ0v) is 9.52. The highest BCUT2D eigenvalue weighted by atomic mass is 79.9. The van der Waals surface area contributed by atoms with E-state index in [4.69, 9.17) is 0 Å². The Bertz CT molecular complexity index is 232. The van der Waals surface area contributed by atoms with Crippen molar-refractivity contribution < 1.29 is 0 Å². The monoisotopic (exact) mass is 280 g/mol. The average Bonchev–Trinajstić information content (AvgIpc) is 2.31. The number of hydrogen-bond acceptors (Lipinski definition) is 1. The van der Waals surface area contributed by atoms with Gasteiger partial charge in [0.1, 0.15) is 9.21 Å². The van der Waals surface area contributed by atoms with Crippen LogP contribution in [-0.2, 0) is 6.54 Å². The third kappa shape index (κ3) is 2.30. The maximum absolute atomic E-state index is 4.10. The number of imidazole rings is 1. The molecule has 0 amide bonds. The summed E-state index contributed by atoms with van der Waals surface area (Å²) < 4.78 is 4.01. The summed E-state index contributed by atoms with van der Waals surface area (Å²) in [4.78, 5) is 4.10. The molecule has 0 saturated heterocycles. The van der Waals surface area contributed by atoms with Gasteiger partial charge in [-0.1, -0.05) is 13.3 Å². The van der Waals surface area contributed by atoms with Gasteiger partial charge >= 0.3 is 0 Å². The highest BCUT2D eigenvalue weighted by Gasteiger charge is 2.02. The molecule has 0 aliphatic rings. The van der Waals surface area contributed by atoms with E-state index in [0.717, 1.165) is 15.8 Å². The second-order valence-corrected chi connectivity index (χ2v) is 3.88. The van der Waals surface area contributed by atoms with Crippen LogP contribution in [0.15, 0.2) is 15.5 Å². The van der Waals surface area contributed by atoms with Crippen LogP contribution in [0.25, 0.3) is 0 Å². The minimum atomic E-state index is 0.883. The van der Waals surface area contributed by atoms with E-state index in [0.29, 0.717) is 0 Å². The Morgan fingerprint density at radius 1 is 1.55 bits per heavy atom. The van der Waals surface area contributed by atoms with Crippen LogP contribution in [0.4, 0.5) is 0 Å². The molecule has 0 bridgehead atoms. The molecular formula is C7H10Br2N2. The molecule has 0 radical (unpaired) electrons. The van der Waals surface area contributed by atoms with Crippen molar-refractivity contribution in [2.24, 2.45) is 0 Å². The highest BCUT2D eigenvalue weighted by Crippen LogP contribution is 2.21. The summed E-state index contributed by atoms with van der Waals surface area (Å²) in [6, 6.07) is 0. The summed E-state index contributed by atoms with van der Waals surface area (Å²) in [5.74, 6) is 0. The van der Waals surface area contributed by atoms with Crippen LogP contribution in [0.5, 0.6) is 0 Å². The fraction of sp³-hybridized carbons (Fsp3) is 0.571. The first-order chi connectivity index (χ1) is 5.25. The molecule has 0 saturated carbocycles. The fourth-order valence-corrected chi connectivity index (χ4v) is 1.52. The van der Waals surface area contributed by atoms with E-state index in [9.17, 15) is 0 Å². The zero-order valence-electron chi connectivity index (χ0n) is 6.35. The van der Waals surface area contributed by atoms with Gasteiger partial charge in [0.25, 0.3) is 0 Å². The van der Waals surface area contributed by atoms with Crippen LogP contribution < -0.4 is 0 Å². The first-order valence-electron chi connectivity index (χ1n) is 3.61. The van der Waals surface area contributed by atoms with Crippen LogP contribution in [-0.4, -0.2) is 9.55 Å². The average molecular weight is 282 g/mol. The Balaban J connectivity index is 2.63. The topological polar surface area (TPSA) is 17.8 Å². The Kier molecular flexibility index (Phi) is 3.59. The van der Waals surface area contributed by atoms with Gasteiger partial charge < -0.3 is 4.57 Å². The Labute approximate surface area is 83.3 Å². The minimum Gasteiger partial charge on any atom is -0.324 e. The lowest BCUT2D eigenvalue weighted by Gasteiger charge is -2.00. The third-order valence-electron chi connectivity index (χ3n) is 1.49. The summed E-state index contributed by atoms with van der Waals surface area (Å²) in [7, 11) is 0. The highest BCUT2D eigenvalue weighted by molar-refractivity contribution is 9.13. The van der Waals surface area contributed by atoms with E-state index in [1.165, 1.54) is 12.8 Å². The quantitative estimate of drug-likeness (QED) is 0.832. The summed E-state index contributed by atoms with van der Waals surface area (Å²) in [5.41, 5.74) is 0. The van der Waals surface area contributed by atoms with Gasteiger partial charge in [0.2, 0.25) is 0 Å². The molecule has 0 unspecified atom stereocenters. The number of rotatable bonds is 3. The number of aryl methyl sites for hydroxylation is 1. The zero-order chi connectivity index (χ0) is 8.27. The van der Waals surface area contributed by atoms with Gasteiger partial charge in [-0.15, -0.1) is 0 Å². The first-order valence-corrected chi connectivity index (χ1v) is 5.20. The molecule has 0 aliphatic heterocycles. The number of halogens is 2. The molecular weight excluding hydrogens is 272 g/mol. The van der Waals surface area contributed by atoms with Crippen molar-refractivity contribution in [1.29, 1.82) is 0 Å². The van der Waals surface area contributed by atoms with Crippen LogP contribution in [0, 0.1) is 0 Å². The van der Waals surface area contributed by atoms with E-state index in [2.05, 4.69) is 48.3 Å².